The van der Waals surface area contributed by atoms with Gasteiger partial charge in [-0.25, -0.2) is 9.89 Å². The van der Waals surface area contributed by atoms with Crippen LogP contribution in [-0.2, 0) is 0 Å². The van der Waals surface area contributed by atoms with Gasteiger partial charge in [-0.15, -0.1) is 5.10 Å². The normalized spacial score (nSPS) is 13.9. The number of nitrogens with one attached hydrogen (secondary N) is 2. The number of hydrogen-bond acceptors (Lipinski definition) is 6. The molecule has 29 heavy (non-hydrogen) atoms. The second kappa shape index (κ2) is 7.49. The van der Waals surface area contributed by atoms with Gasteiger partial charge in [-0.1, -0.05) is 29.6 Å². The lowest BCUT2D eigenvalue weighted by Crippen LogP contribution is -2.32. The van der Waals surface area contributed by atoms with Crippen molar-refractivity contribution in [1.82, 2.24) is 25.0 Å². The molecule has 0 spiro atoms. The Kier molecular flexibility index (Phi) is 5.01. The molecular formula is C18H15Cl2N5O4. The summed E-state index contributed by atoms with van der Waals surface area (Å²) in [5, 5.41) is 10.5. The molecule has 0 atom stereocenters. The van der Waals surface area contributed by atoms with Gasteiger partial charge in [0.15, 0.2) is 5.75 Å². The van der Waals surface area contributed by atoms with Crippen LogP contribution in [-0.4, -0.2) is 25.0 Å². The van der Waals surface area contributed by atoms with E-state index in [1.165, 1.54) is 19.1 Å². The summed E-state index contributed by atoms with van der Waals surface area (Å²) >= 11 is 12.6. The number of aromatic nitrogens is 5. The molecule has 1 fully saturated rings. The number of rotatable bonds is 4. The second-order valence-corrected chi connectivity index (χ2v) is 7.53. The maximum absolute atomic E-state index is 12.0. The van der Waals surface area contributed by atoms with Crippen molar-refractivity contribution in [3.8, 4) is 17.3 Å². The molecule has 2 heterocycles. The average molecular weight is 436 g/mol. The lowest BCUT2D eigenvalue weighted by Gasteiger charge is -2.24. The number of aryl methyl sites for hydroxylation is 1. The number of hydrogen-bond donors (Lipinski definition) is 2. The van der Waals surface area contributed by atoms with Gasteiger partial charge >= 0.3 is 5.69 Å². The fourth-order valence-electron chi connectivity index (χ4n) is 3.00. The van der Waals surface area contributed by atoms with Crippen LogP contribution in [0, 0.1) is 6.92 Å². The van der Waals surface area contributed by atoms with Gasteiger partial charge in [0.2, 0.25) is 5.88 Å². The zero-order chi connectivity index (χ0) is 20.7. The van der Waals surface area contributed by atoms with E-state index in [1.807, 2.05) is 0 Å². The van der Waals surface area contributed by atoms with Crippen LogP contribution in [0.5, 0.6) is 11.6 Å². The van der Waals surface area contributed by atoms with Gasteiger partial charge in [0.1, 0.15) is 5.69 Å². The lowest BCUT2D eigenvalue weighted by molar-refractivity contribution is 0.407. The summed E-state index contributed by atoms with van der Waals surface area (Å²) < 4.78 is 6.68. The molecule has 0 unspecified atom stereocenters. The number of nitrogens with zero attached hydrogens (tertiary/aromatic N) is 3. The van der Waals surface area contributed by atoms with Crippen LogP contribution < -0.4 is 21.5 Å². The van der Waals surface area contributed by atoms with Crippen molar-refractivity contribution in [1.29, 1.82) is 0 Å². The smallest absolute Gasteiger partial charge is 0.349 e. The van der Waals surface area contributed by atoms with E-state index in [4.69, 9.17) is 27.9 Å². The Hall–Kier alpha value is -2.91. The van der Waals surface area contributed by atoms with Crippen LogP contribution in [0.3, 0.4) is 0 Å². The molecule has 0 bridgehead atoms. The van der Waals surface area contributed by atoms with Gasteiger partial charge < -0.3 is 4.74 Å². The van der Waals surface area contributed by atoms with E-state index in [2.05, 4.69) is 20.3 Å². The van der Waals surface area contributed by atoms with Gasteiger partial charge in [-0.3, -0.25) is 14.6 Å². The molecule has 2 N–H and O–H groups in total. The number of halogens is 2. The van der Waals surface area contributed by atoms with Crippen LogP contribution in [0.2, 0.25) is 10.0 Å². The third-order valence-electron chi connectivity index (χ3n) is 4.78. The molecule has 11 heteroatoms. The number of H-pyrrole nitrogens is 2. The molecule has 0 radical (unpaired) electrons. The van der Waals surface area contributed by atoms with Crippen LogP contribution in [0.15, 0.2) is 32.6 Å². The topological polar surface area (TPSA) is 123 Å². The molecule has 1 aliphatic rings. The van der Waals surface area contributed by atoms with Crippen molar-refractivity contribution in [3.05, 3.63) is 70.7 Å². The first-order chi connectivity index (χ1) is 13.8. The van der Waals surface area contributed by atoms with Gasteiger partial charge in [-0.2, -0.15) is 9.78 Å². The molecule has 1 saturated carbocycles. The summed E-state index contributed by atoms with van der Waals surface area (Å²) in [6.45, 7) is 1.47. The molecule has 0 aliphatic heterocycles. The molecule has 0 amide bonds. The Labute approximate surface area is 173 Å². The molecule has 2 aromatic heterocycles. The number of benzene rings is 1. The third kappa shape index (κ3) is 3.70. The third-order valence-corrected chi connectivity index (χ3v) is 5.34. The summed E-state index contributed by atoms with van der Waals surface area (Å²) in [7, 11) is 0. The Morgan fingerprint density at radius 3 is 2.41 bits per heavy atom. The summed E-state index contributed by atoms with van der Waals surface area (Å²) in [6.07, 6.45) is 2.98. The highest BCUT2D eigenvalue weighted by atomic mass is 35.5. The minimum atomic E-state index is -0.728. The van der Waals surface area contributed by atoms with Crippen LogP contribution in [0.4, 0.5) is 0 Å². The molecule has 4 rings (SSSR count). The fraction of sp³-hybridized carbons (Fsp3) is 0.278. The second-order valence-electron chi connectivity index (χ2n) is 6.72. The van der Waals surface area contributed by atoms with Crippen LogP contribution in [0.25, 0.3) is 5.69 Å². The largest absolute Gasteiger partial charge is 0.434 e. The summed E-state index contributed by atoms with van der Waals surface area (Å²) in [5.41, 5.74) is -0.568. The SMILES string of the molecule is Cc1nn(-c2cc(Cl)c(Oc3cc(C4CCC4)c(=O)[nH]n3)c(Cl)c2)c(=O)[nH]c1=O. The zero-order valence-corrected chi connectivity index (χ0v) is 16.7. The molecule has 150 valence electrons. The van der Waals surface area contributed by atoms with Crippen molar-refractivity contribution < 1.29 is 4.74 Å². The lowest BCUT2D eigenvalue weighted by atomic mass is 9.81. The highest BCUT2D eigenvalue weighted by molar-refractivity contribution is 6.37. The Morgan fingerprint density at radius 1 is 1.10 bits per heavy atom. The van der Waals surface area contributed by atoms with E-state index in [-0.39, 0.29) is 44.5 Å². The van der Waals surface area contributed by atoms with Crippen LogP contribution >= 0.6 is 23.2 Å². The molecule has 3 aromatic rings. The van der Waals surface area contributed by atoms with Crippen molar-refractivity contribution in [2.75, 3.05) is 0 Å². The number of aromatic amines is 2. The van der Waals surface area contributed by atoms with E-state index >= 15 is 0 Å². The minimum Gasteiger partial charge on any atom is -0.434 e. The highest BCUT2D eigenvalue weighted by Gasteiger charge is 2.23. The summed E-state index contributed by atoms with van der Waals surface area (Å²) in [5.74, 6) is 0.461. The predicted octanol–water partition coefficient (Wildman–Crippen LogP) is 2.68. The van der Waals surface area contributed by atoms with E-state index in [0.717, 1.165) is 23.9 Å². The summed E-state index contributed by atoms with van der Waals surface area (Å²) in [6, 6.07) is 4.43. The molecule has 9 nitrogen and oxygen atoms in total. The molecular weight excluding hydrogens is 421 g/mol. The first-order valence-electron chi connectivity index (χ1n) is 8.80. The maximum atomic E-state index is 12.0. The minimum absolute atomic E-state index is 0.100. The highest BCUT2D eigenvalue weighted by Crippen LogP contribution is 2.39. The van der Waals surface area contributed by atoms with Crippen molar-refractivity contribution in [2.24, 2.45) is 0 Å². The van der Waals surface area contributed by atoms with E-state index in [0.29, 0.717) is 5.56 Å². The van der Waals surface area contributed by atoms with E-state index in [1.54, 1.807) is 6.07 Å². The van der Waals surface area contributed by atoms with Gasteiger partial charge in [0.25, 0.3) is 11.1 Å². The quantitative estimate of drug-likeness (QED) is 0.649. The molecule has 1 aliphatic carbocycles. The van der Waals surface area contributed by atoms with Gasteiger partial charge in [0, 0.05) is 11.6 Å². The van der Waals surface area contributed by atoms with Crippen molar-refractivity contribution in [3.63, 3.8) is 0 Å². The van der Waals surface area contributed by atoms with E-state index < -0.39 is 11.2 Å². The van der Waals surface area contributed by atoms with Crippen molar-refractivity contribution >= 4 is 23.2 Å². The average Bonchev–Trinajstić information content (AvgIpc) is 2.62. The Balaban J connectivity index is 1.70. The maximum Gasteiger partial charge on any atom is 0.349 e. The number of ether oxygens (including phenoxy) is 1. The van der Waals surface area contributed by atoms with Crippen molar-refractivity contribution in [2.45, 2.75) is 32.1 Å². The summed E-state index contributed by atoms with van der Waals surface area (Å²) in [4.78, 5) is 37.7. The Morgan fingerprint density at radius 2 is 1.79 bits per heavy atom. The first-order valence-corrected chi connectivity index (χ1v) is 9.56. The molecule has 0 saturated heterocycles. The Bertz CT molecular complexity index is 1250. The predicted molar refractivity (Wildman–Crippen MR) is 107 cm³/mol. The van der Waals surface area contributed by atoms with Gasteiger partial charge in [0.05, 0.1) is 15.7 Å². The zero-order valence-electron chi connectivity index (χ0n) is 15.2. The first kappa shape index (κ1) is 19.4. The van der Waals surface area contributed by atoms with E-state index in [9.17, 15) is 14.4 Å². The molecule has 1 aromatic carbocycles. The van der Waals surface area contributed by atoms with Gasteiger partial charge in [-0.05, 0) is 37.8 Å². The monoisotopic (exact) mass is 435 g/mol. The standard InChI is InChI=1S/C18H15Cl2N5O4/c1-8-16(26)21-18(28)25(24-8)10-5-12(19)15(13(20)6-10)29-14-7-11(9-3-2-4-9)17(27)23-22-14/h5-7,9H,2-4H2,1H3,(H,23,27)(H,21,26,28). The van der Waals surface area contributed by atoms with Crippen LogP contribution in [0.1, 0.15) is 36.4 Å². The fourth-order valence-corrected chi connectivity index (χ4v) is 3.56.